The van der Waals surface area contributed by atoms with E-state index in [1.165, 1.54) is 6.07 Å². The summed E-state index contributed by atoms with van der Waals surface area (Å²) in [6.07, 6.45) is 2.77. The summed E-state index contributed by atoms with van der Waals surface area (Å²) in [6.45, 7) is 7.67. The van der Waals surface area contributed by atoms with E-state index in [1.54, 1.807) is 0 Å². The first-order valence-electron chi connectivity index (χ1n) is 8.07. The predicted octanol–water partition coefficient (Wildman–Crippen LogP) is 1.74. The molecule has 1 aromatic heterocycles. The van der Waals surface area contributed by atoms with Crippen molar-refractivity contribution >= 4 is 11.9 Å². The molecule has 2 rings (SSSR count). The van der Waals surface area contributed by atoms with E-state index in [0.717, 1.165) is 25.8 Å². The fourth-order valence-corrected chi connectivity index (χ4v) is 3.19. The zero-order valence-corrected chi connectivity index (χ0v) is 13.6. The second-order valence-electron chi connectivity index (χ2n) is 6.46. The van der Waals surface area contributed by atoms with Crippen molar-refractivity contribution in [3.63, 3.8) is 0 Å². The summed E-state index contributed by atoms with van der Waals surface area (Å²) in [7, 11) is 0. The Morgan fingerprint density at radius 3 is 2.86 bits per heavy atom. The molecule has 0 spiro atoms. The summed E-state index contributed by atoms with van der Waals surface area (Å²) in [4.78, 5) is 32.8. The van der Waals surface area contributed by atoms with E-state index in [-0.39, 0.29) is 29.3 Å². The smallest absolute Gasteiger partial charge is 0.252 e. The van der Waals surface area contributed by atoms with Crippen LogP contribution in [-0.2, 0) is 4.79 Å². The molecule has 0 aromatic carbocycles. The number of likely N-dealkylation sites (tertiary alicyclic amines) is 1. The van der Waals surface area contributed by atoms with Crippen molar-refractivity contribution in [2.45, 2.75) is 46.0 Å². The van der Waals surface area contributed by atoms with E-state index in [4.69, 9.17) is 5.73 Å². The van der Waals surface area contributed by atoms with E-state index in [1.807, 2.05) is 4.90 Å². The minimum atomic E-state index is -0.238. The van der Waals surface area contributed by atoms with Gasteiger partial charge in [0.2, 0.25) is 11.9 Å². The van der Waals surface area contributed by atoms with Crippen LogP contribution in [0.4, 0.5) is 5.95 Å². The number of hydrogen-bond acceptors (Lipinski definition) is 4. The SMILES string of the molecule is CCCC(C(=O)N1CCC(c2cc(=O)[nH]c(N)n2)C1)C(C)C. The topological polar surface area (TPSA) is 92.1 Å². The Balaban J connectivity index is 2.08. The molecule has 0 aliphatic carbocycles. The van der Waals surface area contributed by atoms with Crippen molar-refractivity contribution < 1.29 is 4.79 Å². The highest BCUT2D eigenvalue weighted by Crippen LogP contribution is 2.29. The number of carbonyl (C=O) groups excluding carboxylic acids is 1. The van der Waals surface area contributed by atoms with Gasteiger partial charge >= 0.3 is 0 Å². The highest BCUT2D eigenvalue weighted by molar-refractivity contribution is 5.79. The molecule has 3 N–H and O–H groups in total. The lowest BCUT2D eigenvalue weighted by Gasteiger charge is -2.26. The van der Waals surface area contributed by atoms with Crippen molar-refractivity contribution in [2.24, 2.45) is 11.8 Å². The van der Waals surface area contributed by atoms with Gasteiger partial charge in [-0.15, -0.1) is 0 Å². The van der Waals surface area contributed by atoms with Gasteiger partial charge < -0.3 is 10.6 Å². The Labute approximate surface area is 131 Å². The largest absolute Gasteiger partial charge is 0.369 e. The third kappa shape index (κ3) is 3.67. The highest BCUT2D eigenvalue weighted by Gasteiger charge is 2.33. The van der Waals surface area contributed by atoms with Gasteiger partial charge in [-0.25, -0.2) is 4.98 Å². The molecule has 1 amide bonds. The molecule has 2 atom stereocenters. The van der Waals surface area contributed by atoms with Crippen LogP contribution in [0.5, 0.6) is 0 Å². The zero-order valence-electron chi connectivity index (χ0n) is 13.6. The maximum Gasteiger partial charge on any atom is 0.252 e. The summed E-state index contributed by atoms with van der Waals surface area (Å²) in [5, 5.41) is 0. The van der Waals surface area contributed by atoms with Gasteiger partial charge in [-0.3, -0.25) is 14.6 Å². The van der Waals surface area contributed by atoms with E-state index in [0.29, 0.717) is 18.2 Å². The molecule has 1 aliphatic rings. The molecule has 1 saturated heterocycles. The van der Waals surface area contributed by atoms with E-state index in [9.17, 15) is 9.59 Å². The van der Waals surface area contributed by atoms with Crippen LogP contribution in [0, 0.1) is 11.8 Å². The van der Waals surface area contributed by atoms with Crippen molar-refractivity contribution in [1.82, 2.24) is 14.9 Å². The number of rotatable bonds is 5. The van der Waals surface area contributed by atoms with Gasteiger partial charge in [0, 0.05) is 31.0 Å². The number of nitrogens with one attached hydrogen (secondary N) is 1. The summed E-state index contributed by atoms with van der Waals surface area (Å²) >= 11 is 0. The first-order valence-corrected chi connectivity index (χ1v) is 8.07. The lowest BCUT2D eigenvalue weighted by Crippen LogP contribution is -2.36. The number of nitrogens with two attached hydrogens (primary N) is 1. The Morgan fingerprint density at radius 2 is 2.27 bits per heavy atom. The summed E-state index contributed by atoms with van der Waals surface area (Å²) in [5.41, 5.74) is 6.05. The first-order chi connectivity index (χ1) is 10.4. The van der Waals surface area contributed by atoms with Crippen LogP contribution in [0.15, 0.2) is 10.9 Å². The van der Waals surface area contributed by atoms with E-state index in [2.05, 4.69) is 30.7 Å². The van der Waals surface area contributed by atoms with Gasteiger partial charge in [0.1, 0.15) is 0 Å². The Kier molecular flexibility index (Phi) is 5.21. The molecule has 0 saturated carbocycles. The third-order valence-electron chi connectivity index (χ3n) is 4.42. The van der Waals surface area contributed by atoms with Crippen LogP contribution in [-0.4, -0.2) is 33.9 Å². The second kappa shape index (κ2) is 6.94. The second-order valence-corrected chi connectivity index (χ2v) is 6.46. The lowest BCUT2D eigenvalue weighted by molar-refractivity contribution is -0.136. The fraction of sp³-hybridized carbons (Fsp3) is 0.688. The summed E-state index contributed by atoms with van der Waals surface area (Å²) < 4.78 is 0. The van der Waals surface area contributed by atoms with Crippen LogP contribution >= 0.6 is 0 Å². The maximum absolute atomic E-state index is 12.7. The molecule has 22 heavy (non-hydrogen) atoms. The maximum atomic E-state index is 12.7. The Morgan fingerprint density at radius 1 is 1.55 bits per heavy atom. The van der Waals surface area contributed by atoms with Crippen LogP contribution in [0.2, 0.25) is 0 Å². The Hall–Kier alpha value is -1.85. The van der Waals surface area contributed by atoms with Crippen molar-refractivity contribution in [2.75, 3.05) is 18.8 Å². The molecule has 1 fully saturated rings. The van der Waals surface area contributed by atoms with Gasteiger partial charge in [0.25, 0.3) is 5.56 Å². The molecular formula is C16H26N4O2. The number of H-pyrrole nitrogens is 1. The van der Waals surface area contributed by atoms with Gasteiger partial charge in [0.15, 0.2) is 0 Å². The third-order valence-corrected chi connectivity index (χ3v) is 4.42. The monoisotopic (exact) mass is 306 g/mol. The van der Waals surface area contributed by atoms with Crippen molar-refractivity contribution in [1.29, 1.82) is 0 Å². The van der Waals surface area contributed by atoms with Crippen LogP contribution in [0.25, 0.3) is 0 Å². The van der Waals surface area contributed by atoms with Crippen molar-refractivity contribution in [3.05, 3.63) is 22.1 Å². The quantitative estimate of drug-likeness (QED) is 0.866. The van der Waals surface area contributed by atoms with Gasteiger partial charge in [-0.2, -0.15) is 0 Å². The molecule has 6 heteroatoms. The lowest BCUT2D eigenvalue weighted by atomic mass is 9.90. The standard InChI is InChI=1S/C16H26N4O2/c1-4-5-12(10(2)3)15(22)20-7-6-11(9-20)13-8-14(21)19-16(17)18-13/h8,10-12H,4-7,9H2,1-3H3,(H3,17,18,19,21). The number of carbonyl (C=O) groups is 1. The highest BCUT2D eigenvalue weighted by atomic mass is 16.2. The van der Waals surface area contributed by atoms with Crippen LogP contribution < -0.4 is 11.3 Å². The minimum absolute atomic E-state index is 0.0842. The van der Waals surface area contributed by atoms with Crippen molar-refractivity contribution in [3.8, 4) is 0 Å². The van der Waals surface area contributed by atoms with E-state index >= 15 is 0 Å². The van der Waals surface area contributed by atoms with E-state index < -0.39 is 0 Å². The molecule has 6 nitrogen and oxygen atoms in total. The predicted molar refractivity (Wildman–Crippen MR) is 86.4 cm³/mol. The van der Waals surface area contributed by atoms with Crippen LogP contribution in [0.1, 0.15) is 51.6 Å². The minimum Gasteiger partial charge on any atom is -0.369 e. The number of hydrogen-bond donors (Lipinski definition) is 2. The van der Waals surface area contributed by atoms with Gasteiger partial charge in [-0.05, 0) is 18.8 Å². The normalized spacial score (nSPS) is 19.6. The average molecular weight is 306 g/mol. The number of amides is 1. The number of aromatic amines is 1. The molecule has 0 radical (unpaired) electrons. The summed E-state index contributed by atoms with van der Waals surface area (Å²) in [5.74, 6) is 0.902. The number of aromatic nitrogens is 2. The molecule has 2 unspecified atom stereocenters. The molecular weight excluding hydrogens is 280 g/mol. The molecule has 1 aromatic rings. The Bertz CT molecular complexity index is 582. The average Bonchev–Trinajstić information content (AvgIpc) is 2.92. The van der Waals surface area contributed by atoms with Gasteiger partial charge in [0.05, 0.1) is 5.69 Å². The molecule has 122 valence electrons. The van der Waals surface area contributed by atoms with Gasteiger partial charge in [-0.1, -0.05) is 27.2 Å². The first kappa shape index (κ1) is 16.5. The fourth-order valence-electron chi connectivity index (χ4n) is 3.19. The number of nitrogen functional groups attached to an aromatic ring is 1. The number of anilines is 1. The van der Waals surface area contributed by atoms with Crippen LogP contribution in [0.3, 0.4) is 0 Å². The number of nitrogens with zero attached hydrogens (tertiary/aromatic N) is 2. The molecule has 1 aliphatic heterocycles. The molecule has 0 bridgehead atoms. The zero-order chi connectivity index (χ0) is 16.3. The summed E-state index contributed by atoms with van der Waals surface area (Å²) in [6, 6.07) is 1.49. The molecule has 2 heterocycles.